The predicted octanol–water partition coefficient (Wildman–Crippen LogP) is 9.71. The van der Waals surface area contributed by atoms with Crippen LogP contribution in [0.2, 0.25) is 0 Å². The molecule has 0 aliphatic rings. The van der Waals surface area contributed by atoms with Crippen molar-refractivity contribution in [1.82, 2.24) is 0 Å². The SMILES string of the molecule is CCC(CC)(c1ccc(CCC(C)C(C)(C)C)c(C)c1)c1ccc(-c2ccc(CCC(=O)O)cc2)c(C)c1. The van der Waals surface area contributed by atoms with Crippen LogP contribution in [0.1, 0.15) is 101 Å². The molecule has 204 valence electrons. The molecule has 0 radical (unpaired) electrons. The zero-order valence-corrected chi connectivity index (χ0v) is 24.9. The van der Waals surface area contributed by atoms with Gasteiger partial charge in [0.05, 0.1) is 0 Å². The number of carboxylic acids is 1. The molecule has 1 N–H and O–H groups in total. The molecular weight excluding hydrogens is 464 g/mol. The molecule has 2 heteroatoms. The van der Waals surface area contributed by atoms with Gasteiger partial charge < -0.3 is 5.11 Å². The van der Waals surface area contributed by atoms with Crippen LogP contribution in [-0.4, -0.2) is 11.1 Å². The molecule has 0 spiro atoms. The van der Waals surface area contributed by atoms with Crippen molar-refractivity contribution in [2.75, 3.05) is 0 Å². The normalized spacial score (nSPS) is 12.9. The Morgan fingerprint density at radius 3 is 1.89 bits per heavy atom. The second kappa shape index (κ2) is 12.3. The molecule has 3 aromatic carbocycles. The first-order valence-corrected chi connectivity index (χ1v) is 14.4. The summed E-state index contributed by atoms with van der Waals surface area (Å²) in [7, 11) is 0. The van der Waals surface area contributed by atoms with Crippen molar-refractivity contribution in [1.29, 1.82) is 0 Å². The van der Waals surface area contributed by atoms with Gasteiger partial charge in [-0.2, -0.15) is 0 Å². The molecule has 0 fully saturated rings. The van der Waals surface area contributed by atoms with Crippen LogP contribution < -0.4 is 0 Å². The third kappa shape index (κ3) is 6.76. The van der Waals surface area contributed by atoms with E-state index < -0.39 is 5.97 Å². The fraction of sp³-hybridized carbons (Fsp3) is 0.472. The maximum atomic E-state index is 10.9. The Balaban J connectivity index is 1.88. The molecule has 0 saturated carbocycles. The zero-order chi connectivity index (χ0) is 28.1. The standard InChI is InChI=1S/C36H48O2/c1-9-36(10-2,31-19-18-29(25(3)23-31)15-11-27(5)35(6,7)8)32-20-21-33(26(4)24-32)30-16-12-28(13-17-30)14-22-34(37)38/h12-13,16-21,23-24,27H,9-11,14-15,22H2,1-8H3,(H,37,38). The average Bonchev–Trinajstić information content (AvgIpc) is 2.88. The van der Waals surface area contributed by atoms with Crippen molar-refractivity contribution >= 4 is 5.97 Å². The summed E-state index contributed by atoms with van der Waals surface area (Å²) < 4.78 is 0. The molecule has 0 aliphatic carbocycles. The van der Waals surface area contributed by atoms with E-state index in [2.05, 4.69) is 116 Å². The predicted molar refractivity (Wildman–Crippen MR) is 162 cm³/mol. The van der Waals surface area contributed by atoms with Crippen molar-refractivity contribution in [3.8, 4) is 11.1 Å². The summed E-state index contributed by atoms with van der Waals surface area (Å²) in [5.74, 6) is -0.0646. The van der Waals surface area contributed by atoms with Gasteiger partial charge in [-0.3, -0.25) is 4.79 Å². The quantitative estimate of drug-likeness (QED) is 0.278. The summed E-state index contributed by atoms with van der Waals surface area (Å²) in [6, 6.07) is 22.5. The molecule has 3 aromatic rings. The summed E-state index contributed by atoms with van der Waals surface area (Å²) in [5.41, 5.74) is 10.8. The van der Waals surface area contributed by atoms with Gasteiger partial charge in [0, 0.05) is 11.8 Å². The first-order valence-electron chi connectivity index (χ1n) is 14.4. The average molecular weight is 513 g/mol. The zero-order valence-electron chi connectivity index (χ0n) is 24.9. The highest BCUT2D eigenvalue weighted by atomic mass is 16.4. The molecule has 0 bridgehead atoms. The summed E-state index contributed by atoms with van der Waals surface area (Å²) in [6.45, 7) is 18.5. The maximum absolute atomic E-state index is 10.9. The number of hydrogen-bond donors (Lipinski definition) is 1. The minimum Gasteiger partial charge on any atom is -0.481 e. The lowest BCUT2D eigenvalue weighted by Gasteiger charge is -2.34. The molecule has 1 unspecified atom stereocenters. The Kier molecular flexibility index (Phi) is 9.63. The Hall–Kier alpha value is -2.87. The smallest absolute Gasteiger partial charge is 0.303 e. The van der Waals surface area contributed by atoms with Crippen LogP contribution in [0.5, 0.6) is 0 Å². The van der Waals surface area contributed by atoms with Gasteiger partial charge in [-0.1, -0.05) is 102 Å². The van der Waals surface area contributed by atoms with E-state index >= 15 is 0 Å². The number of rotatable bonds is 11. The van der Waals surface area contributed by atoms with E-state index in [4.69, 9.17) is 5.11 Å². The van der Waals surface area contributed by atoms with E-state index in [1.807, 2.05) is 0 Å². The minimum atomic E-state index is -0.754. The minimum absolute atomic E-state index is 0.00797. The molecule has 0 saturated heterocycles. The van der Waals surface area contributed by atoms with E-state index in [-0.39, 0.29) is 11.8 Å². The van der Waals surface area contributed by atoms with Crippen LogP contribution >= 0.6 is 0 Å². The van der Waals surface area contributed by atoms with Gasteiger partial charge in [0.2, 0.25) is 0 Å². The lowest BCUT2D eigenvalue weighted by atomic mass is 9.69. The molecule has 2 nitrogen and oxygen atoms in total. The summed E-state index contributed by atoms with van der Waals surface area (Å²) in [4.78, 5) is 10.9. The number of carbonyl (C=O) groups is 1. The van der Waals surface area contributed by atoms with E-state index in [0.717, 1.165) is 24.8 Å². The Morgan fingerprint density at radius 1 is 0.816 bits per heavy atom. The van der Waals surface area contributed by atoms with E-state index in [9.17, 15) is 4.79 Å². The van der Waals surface area contributed by atoms with E-state index in [1.165, 1.54) is 45.4 Å². The first-order chi connectivity index (χ1) is 17.9. The van der Waals surface area contributed by atoms with Crippen LogP contribution in [0.15, 0.2) is 60.7 Å². The number of hydrogen-bond acceptors (Lipinski definition) is 1. The Labute approximate surface area is 231 Å². The molecular formula is C36H48O2. The Morgan fingerprint density at radius 2 is 1.39 bits per heavy atom. The van der Waals surface area contributed by atoms with Crippen molar-refractivity contribution < 1.29 is 9.90 Å². The molecule has 38 heavy (non-hydrogen) atoms. The number of benzene rings is 3. The summed E-state index contributed by atoms with van der Waals surface area (Å²) >= 11 is 0. The van der Waals surface area contributed by atoms with Crippen LogP contribution in [0.4, 0.5) is 0 Å². The molecule has 3 rings (SSSR count). The highest BCUT2D eigenvalue weighted by Gasteiger charge is 2.31. The summed E-state index contributed by atoms with van der Waals surface area (Å²) in [6.07, 6.45) is 5.20. The molecule has 0 aliphatic heterocycles. The molecule has 0 amide bonds. The van der Waals surface area contributed by atoms with Gasteiger partial charge in [0.1, 0.15) is 0 Å². The highest BCUT2D eigenvalue weighted by Crippen LogP contribution is 2.41. The van der Waals surface area contributed by atoms with Gasteiger partial charge in [0.25, 0.3) is 0 Å². The number of aryl methyl sites for hydroxylation is 4. The monoisotopic (exact) mass is 512 g/mol. The van der Waals surface area contributed by atoms with Crippen LogP contribution in [0, 0.1) is 25.2 Å². The Bertz CT molecular complexity index is 1220. The van der Waals surface area contributed by atoms with Crippen LogP contribution in [0.3, 0.4) is 0 Å². The van der Waals surface area contributed by atoms with Gasteiger partial charge in [-0.05, 0) is 102 Å². The van der Waals surface area contributed by atoms with E-state index in [0.29, 0.717) is 17.8 Å². The molecule has 1 atom stereocenters. The van der Waals surface area contributed by atoms with Gasteiger partial charge in [-0.15, -0.1) is 0 Å². The second-order valence-electron chi connectivity index (χ2n) is 12.4. The number of carboxylic acid groups (broad SMARTS) is 1. The highest BCUT2D eigenvalue weighted by molar-refractivity contribution is 5.69. The third-order valence-electron chi connectivity index (χ3n) is 9.10. The molecule has 0 aromatic heterocycles. The fourth-order valence-electron chi connectivity index (χ4n) is 5.70. The first kappa shape index (κ1) is 29.7. The van der Waals surface area contributed by atoms with Crippen molar-refractivity contribution in [3.63, 3.8) is 0 Å². The topological polar surface area (TPSA) is 37.3 Å². The summed E-state index contributed by atoms with van der Waals surface area (Å²) in [5, 5.41) is 8.96. The van der Waals surface area contributed by atoms with Crippen LogP contribution in [0.25, 0.3) is 11.1 Å². The fourth-order valence-corrected chi connectivity index (χ4v) is 5.70. The van der Waals surface area contributed by atoms with Crippen molar-refractivity contribution in [2.24, 2.45) is 11.3 Å². The van der Waals surface area contributed by atoms with Crippen LogP contribution in [-0.2, 0) is 23.1 Å². The number of aliphatic carboxylic acids is 1. The molecule has 0 heterocycles. The van der Waals surface area contributed by atoms with Crippen molar-refractivity contribution in [3.05, 3.63) is 94.0 Å². The largest absolute Gasteiger partial charge is 0.481 e. The van der Waals surface area contributed by atoms with Gasteiger partial charge >= 0.3 is 5.97 Å². The lowest BCUT2D eigenvalue weighted by molar-refractivity contribution is -0.136. The van der Waals surface area contributed by atoms with Gasteiger partial charge in [-0.25, -0.2) is 0 Å². The van der Waals surface area contributed by atoms with Crippen molar-refractivity contribution in [2.45, 2.75) is 99.3 Å². The lowest BCUT2D eigenvalue weighted by Crippen LogP contribution is -2.26. The van der Waals surface area contributed by atoms with Gasteiger partial charge in [0.15, 0.2) is 0 Å². The third-order valence-corrected chi connectivity index (χ3v) is 9.10. The second-order valence-corrected chi connectivity index (χ2v) is 12.4. The maximum Gasteiger partial charge on any atom is 0.303 e. The van der Waals surface area contributed by atoms with E-state index in [1.54, 1.807) is 0 Å².